The van der Waals surface area contributed by atoms with Gasteiger partial charge in [0.05, 0.1) is 18.0 Å². The molecule has 18 heavy (non-hydrogen) atoms. The van der Waals surface area contributed by atoms with Gasteiger partial charge in [0.1, 0.15) is 6.04 Å². The van der Waals surface area contributed by atoms with Crippen molar-refractivity contribution in [3.63, 3.8) is 0 Å². The number of anilines is 2. The predicted octanol–water partition coefficient (Wildman–Crippen LogP) is 1.49. The summed E-state index contributed by atoms with van der Waals surface area (Å²) in [5.41, 5.74) is 6.99. The average molecular weight is 272 g/mol. The zero-order chi connectivity index (χ0) is 13.5. The fourth-order valence-electron chi connectivity index (χ4n) is 1.38. The first-order valence-corrected chi connectivity index (χ1v) is 6.00. The minimum atomic E-state index is -0.400. The van der Waals surface area contributed by atoms with E-state index in [1.54, 1.807) is 32.2 Å². The predicted molar refractivity (Wildman–Crippen MR) is 73.8 cm³/mol. The molecule has 0 aliphatic rings. The lowest BCUT2D eigenvalue weighted by Gasteiger charge is -2.16. The first-order valence-electron chi connectivity index (χ1n) is 5.62. The van der Waals surface area contributed by atoms with Crippen LogP contribution in [-0.4, -0.2) is 32.2 Å². The van der Waals surface area contributed by atoms with Gasteiger partial charge in [0.2, 0.25) is 5.91 Å². The van der Waals surface area contributed by atoms with E-state index in [0.717, 1.165) is 0 Å². The van der Waals surface area contributed by atoms with Crippen molar-refractivity contribution in [1.82, 2.24) is 5.32 Å². The molecule has 0 saturated carbocycles. The summed E-state index contributed by atoms with van der Waals surface area (Å²) in [6, 6.07) is 4.68. The van der Waals surface area contributed by atoms with Gasteiger partial charge in [0.25, 0.3) is 0 Å². The Hall–Kier alpha value is -1.46. The molecule has 0 radical (unpaired) electrons. The Morgan fingerprint density at radius 3 is 2.94 bits per heavy atom. The van der Waals surface area contributed by atoms with E-state index in [1.165, 1.54) is 0 Å². The van der Waals surface area contributed by atoms with Gasteiger partial charge < -0.3 is 21.1 Å². The number of amides is 1. The molecule has 0 heterocycles. The van der Waals surface area contributed by atoms with E-state index in [0.29, 0.717) is 29.5 Å². The van der Waals surface area contributed by atoms with Crippen molar-refractivity contribution in [2.75, 3.05) is 31.3 Å². The summed E-state index contributed by atoms with van der Waals surface area (Å²) in [6.45, 7) is 2.71. The van der Waals surface area contributed by atoms with Gasteiger partial charge in [-0.05, 0) is 25.1 Å². The van der Waals surface area contributed by atoms with Crippen LogP contribution in [0.5, 0.6) is 0 Å². The molecule has 0 bridgehead atoms. The fraction of sp³-hybridized carbons (Fsp3) is 0.417. The Balaban J connectivity index is 2.55. The Bertz CT molecular complexity index is 412. The molecule has 0 spiro atoms. The summed E-state index contributed by atoms with van der Waals surface area (Å²) < 4.78 is 4.85. The minimum absolute atomic E-state index is 0.119. The first kappa shape index (κ1) is 14.6. The van der Waals surface area contributed by atoms with E-state index in [9.17, 15) is 4.79 Å². The van der Waals surface area contributed by atoms with Gasteiger partial charge in [-0.25, -0.2) is 0 Å². The molecule has 0 aliphatic carbocycles. The SMILES string of the molecule is COCCNC(=O)C(C)Nc1cc(Cl)ccc1N. The van der Waals surface area contributed by atoms with Gasteiger partial charge in [-0.3, -0.25) is 4.79 Å². The van der Waals surface area contributed by atoms with Crippen LogP contribution in [0, 0.1) is 0 Å². The van der Waals surface area contributed by atoms with Crippen LogP contribution in [0.4, 0.5) is 11.4 Å². The molecule has 1 rings (SSSR count). The summed E-state index contributed by atoms with van der Waals surface area (Å²) >= 11 is 5.87. The number of benzene rings is 1. The van der Waals surface area contributed by atoms with Crippen LogP contribution < -0.4 is 16.4 Å². The summed E-state index contributed by atoms with van der Waals surface area (Å²) in [5.74, 6) is -0.119. The van der Waals surface area contributed by atoms with Gasteiger partial charge in [-0.15, -0.1) is 0 Å². The number of carbonyl (C=O) groups excluding carboxylic acids is 1. The molecule has 1 aromatic rings. The number of methoxy groups -OCH3 is 1. The second-order valence-electron chi connectivity index (χ2n) is 3.88. The number of nitrogens with one attached hydrogen (secondary N) is 2. The highest BCUT2D eigenvalue weighted by Crippen LogP contribution is 2.23. The zero-order valence-electron chi connectivity index (χ0n) is 10.5. The summed E-state index contributed by atoms with van der Waals surface area (Å²) in [7, 11) is 1.58. The zero-order valence-corrected chi connectivity index (χ0v) is 11.3. The molecule has 6 heteroatoms. The van der Waals surface area contributed by atoms with Crippen molar-refractivity contribution in [2.45, 2.75) is 13.0 Å². The van der Waals surface area contributed by atoms with Crippen molar-refractivity contribution in [1.29, 1.82) is 0 Å². The number of nitrogens with two attached hydrogens (primary N) is 1. The molecule has 0 aliphatic heterocycles. The molecule has 0 fully saturated rings. The Labute approximate surface area is 112 Å². The molecule has 0 saturated heterocycles. The van der Waals surface area contributed by atoms with Crippen molar-refractivity contribution in [3.8, 4) is 0 Å². The number of ether oxygens (including phenoxy) is 1. The highest BCUT2D eigenvalue weighted by Gasteiger charge is 2.13. The molecule has 1 aromatic carbocycles. The normalized spacial score (nSPS) is 11.9. The monoisotopic (exact) mass is 271 g/mol. The van der Waals surface area contributed by atoms with E-state index in [2.05, 4.69) is 10.6 Å². The molecule has 4 N–H and O–H groups in total. The summed E-state index contributed by atoms with van der Waals surface area (Å²) in [6.07, 6.45) is 0. The number of halogens is 1. The standard InChI is InChI=1S/C12H18ClN3O2/c1-8(12(17)15-5-6-18-2)16-11-7-9(13)3-4-10(11)14/h3-4,7-8,16H,5-6,14H2,1-2H3,(H,15,17). The average Bonchev–Trinajstić information content (AvgIpc) is 2.34. The first-order chi connectivity index (χ1) is 8.54. The number of nitrogen functional groups attached to an aromatic ring is 1. The fourth-order valence-corrected chi connectivity index (χ4v) is 1.55. The Kier molecular flexibility index (Phi) is 5.74. The Morgan fingerprint density at radius 1 is 1.56 bits per heavy atom. The summed E-state index contributed by atoms with van der Waals surface area (Å²) in [4.78, 5) is 11.7. The van der Waals surface area contributed by atoms with E-state index in [4.69, 9.17) is 22.1 Å². The van der Waals surface area contributed by atoms with Crippen LogP contribution in [0.1, 0.15) is 6.92 Å². The van der Waals surface area contributed by atoms with Gasteiger partial charge in [0.15, 0.2) is 0 Å². The van der Waals surface area contributed by atoms with Crippen molar-refractivity contribution in [3.05, 3.63) is 23.2 Å². The molecule has 1 atom stereocenters. The topological polar surface area (TPSA) is 76.4 Å². The van der Waals surface area contributed by atoms with Crippen LogP contribution in [0.25, 0.3) is 0 Å². The minimum Gasteiger partial charge on any atom is -0.397 e. The third kappa shape index (κ3) is 4.43. The van der Waals surface area contributed by atoms with Crippen LogP contribution in [-0.2, 0) is 9.53 Å². The van der Waals surface area contributed by atoms with Gasteiger partial charge in [-0.2, -0.15) is 0 Å². The van der Waals surface area contributed by atoms with Crippen molar-refractivity contribution in [2.24, 2.45) is 0 Å². The molecule has 5 nitrogen and oxygen atoms in total. The third-order valence-corrected chi connectivity index (χ3v) is 2.62. The quantitative estimate of drug-likeness (QED) is 0.541. The van der Waals surface area contributed by atoms with E-state index in [1.807, 2.05) is 0 Å². The van der Waals surface area contributed by atoms with Crippen LogP contribution in [0.15, 0.2) is 18.2 Å². The van der Waals surface area contributed by atoms with Gasteiger partial charge in [0, 0.05) is 18.7 Å². The number of hydrogen-bond acceptors (Lipinski definition) is 4. The van der Waals surface area contributed by atoms with Gasteiger partial charge >= 0.3 is 0 Å². The lowest BCUT2D eigenvalue weighted by Crippen LogP contribution is -2.39. The highest BCUT2D eigenvalue weighted by molar-refractivity contribution is 6.31. The molecular formula is C12H18ClN3O2. The molecule has 1 unspecified atom stereocenters. The van der Waals surface area contributed by atoms with E-state index in [-0.39, 0.29) is 5.91 Å². The largest absolute Gasteiger partial charge is 0.397 e. The number of rotatable bonds is 6. The molecule has 0 aromatic heterocycles. The molecule has 100 valence electrons. The highest BCUT2D eigenvalue weighted by atomic mass is 35.5. The van der Waals surface area contributed by atoms with E-state index >= 15 is 0 Å². The number of carbonyl (C=O) groups is 1. The summed E-state index contributed by atoms with van der Waals surface area (Å²) in [5, 5.41) is 6.32. The maximum atomic E-state index is 11.7. The second kappa shape index (κ2) is 7.08. The van der Waals surface area contributed by atoms with Crippen LogP contribution in [0.3, 0.4) is 0 Å². The maximum absolute atomic E-state index is 11.7. The molecular weight excluding hydrogens is 254 g/mol. The van der Waals surface area contributed by atoms with Crippen molar-refractivity contribution >= 4 is 28.9 Å². The van der Waals surface area contributed by atoms with Crippen LogP contribution >= 0.6 is 11.6 Å². The van der Waals surface area contributed by atoms with Crippen molar-refractivity contribution < 1.29 is 9.53 Å². The Morgan fingerprint density at radius 2 is 2.28 bits per heavy atom. The maximum Gasteiger partial charge on any atom is 0.242 e. The van der Waals surface area contributed by atoms with Crippen LogP contribution in [0.2, 0.25) is 5.02 Å². The van der Waals surface area contributed by atoms with E-state index < -0.39 is 6.04 Å². The van der Waals surface area contributed by atoms with Gasteiger partial charge in [-0.1, -0.05) is 11.6 Å². The lowest BCUT2D eigenvalue weighted by atomic mass is 10.2. The smallest absolute Gasteiger partial charge is 0.242 e. The third-order valence-electron chi connectivity index (χ3n) is 2.39. The lowest BCUT2D eigenvalue weighted by molar-refractivity contribution is -0.121. The number of hydrogen-bond donors (Lipinski definition) is 3. The molecule has 1 amide bonds. The second-order valence-corrected chi connectivity index (χ2v) is 4.32.